The van der Waals surface area contributed by atoms with E-state index in [0.29, 0.717) is 13.0 Å². The van der Waals surface area contributed by atoms with Crippen molar-refractivity contribution in [2.45, 2.75) is 26.8 Å². The minimum absolute atomic E-state index is 0.187. The molecule has 1 N–H and O–H groups in total. The molecule has 15 heavy (non-hydrogen) atoms. The highest BCUT2D eigenvalue weighted by molar-refractivity contribution is 7.85. The SMILES string of the molecule is Cc1cc[n+](CCCS(=O)(=O)O)c(C)c1. The lowest BCUT2D eigenvalue weighted by molar-refractivity contribution is -0.702. The number of nitrogens with zero attached hydrogens (tertiary/aromatic N) is 1. The number of aryl methyl sites for hydroxylation is 3. The van der Waals surface area contributed by atoms with Gasteiger partial charge in [0.2, 0.25) is 0 Å². The van der Waals surface area contributed by atoms with Gasteiger partial charge in [-0.25, -0.2) is 4.57 Å². The van der Waals surface area contributed by atoms with Gasteiger partial charge in [0.25, 0.3) is 10.1 Å². The van der Waals surface area contributed by atoms with E-state index in [1.807, 2.05) is 36.7 Å². The fraction of sp³-hybridized carbons (Fsp3) is 0.500. The molecule has 4 nitrogen and oxygen atoms in total. The van der Waals surface area contributed by atoms with Crippen LogP contribution in [-0.2, 0) is 16.7 Å². The summed E-state index contributed by atoms with van der Waals surface area (Å²) >= 11 is 0. The Morgan fingerprint density at radius 1 is 1.40 bits per heavy atom. The van der Waals surface area contributed by atoms with E-state index in [1.54, 1.807) is 0 Å². The van der Waals surface area contributed by atoms with Crippen molar-refractivity contribution in [2.75, 3.05) is 5.75 Å². The first-order valence-electron chi connectivity index (χ1n) is 4.80. The quantitative estimate of drug-likeness (QED) is 0.616. The van der Waals surface area contributed by atoms with Crippen LogP contribution in [-0.4, -0.2) is 18.7 Å². The van der Waals surface area contributed by atoms with Crippen LogP contribution in [0.2, 0.25) is 0 Å². The van der Waals surface area contributed by atoms with E-state index < -0.39 is 10.1 Å². The molecule has 0 aromatic carbocycles. The zero-order chi connectivity index (χ0) is 11.5. The Kier molecular flexibility index (Phi) is 3.82. The highest BCUT2D eigenvalue weighted by atomic mass is 32.2. The lowest BCUT2D eigenvalue weighted by Gasteiger charge is -2.00. The van der Waals surface area contributed by atoms with E-state index in [9.17, 15) is 8.42 Å². The van der Waals surface area contributed by atoms with Crippen LogP contribution in [0.1, 0.15) is 17.7 Å². The first-order chi connectivity index (χ1) is 6.88. The average molecular weight is 230 g/mol. The highest BCUT2D eigenvalue weighted by Crippen LogP contribution is 1.97. The summed E-state index contributed by atoms with van der Waals surface area (Å²) in [4.78, 5) is 0. The maximum absolute atomic E-state index is 10.5. The van der Waals surface area contributed by atoms with Gasteiger partial charge in [0, 0.05) is 25.5 Å². The molecule has 0 unspecified atom stereocenters. The summed E-state index contributed by atoms with van der Waals surface area (Å²) < 4.78 is 31.6. The van der Waals surface area contributed by atoms with E-state index >= 15 is 0 Å². The summed E-state index contributed by atoms with van der Waals surface area (Å²) in [6, 6.07) is 4.01. The van der Waals surface area contributed by atoms with Crippen molar-refractivity contribution in [3.05, 3.63) is 29.6 Å². The molecule has 1 heterocycles. The first kappa shape index (κ1) is 12.1. The zero-order valence-corrected chi connectivity index (χ0v) is 9.79. The predicted molar refractivity (Wildman–Crippen MR) is 57.1 cm³/mol. The summed E-state index contributed by atoms with van der Waals surface area (Å²) in [5.41, 5.74) is 2.27. The molecule has 0 saturated carbocycles. The Morgan fingerprint density at radius 2 is 2.07 bits per heavy atom. The summed E-state index contributed by atoms with van der Waals surface area (Å²) in [7, 11) is -3.83. The maximum atomic E-state index is 10.5. The topological polar surface area (TPSA) is 58.2 Å². The van der Waals surface area contributed by atoms with E-state index in [2.05, 4.69) is 0 Å². The number of rotatable bonds is 4. The van der Waals surface area contributed by atoms with Crippen molar-refractivity contribution < 1.29 is 17.5 Å². The van der Waals surface area contributed by atoms with Gasteiger partial charge in [0.05, 0.1) is 5.75 Å². The van der Waals surface area contributed by atoms with Gasteiger partial charge in [-0.3, -0.25) is 4.55 Å². The maximum Gasteiger partial charge on any atom is 0.265 e. The fourth-order valence-corrected chi connectivity index (χ4v) is 1.95. The predicted octanol–water partition coefficient (Wildman–Crippen LogP) is 0.869. The monoisotopic (exact) mass is 230 g/mol. The second-order valence-electron chi connectivity index (χ2n) is 3.68. The summed E-state index contributed by atoms with van der Waals surface area (Å²) in [5, 5.41) is 0. The smallest absolute Gasteiger partial charge is 0.265 e. The molecule has 0 aliphatic heterocycles. The fourth-order valence-electron chi connectivity index (χ4n) is 1.45. The van der Waals surface area contributed by atoms with Gasteiger partial charge in [-0.2, -0.15) is 8.42 Å². The highest BCUT2D eigenvalue weighted by Gasteiger charge is 2.09. The van der Waals surface area contributed by atoms with Crippen molar-refractivity contribution in [1.29, 1.82) is 0 Å². The molecule has 0 saturated heterocycles. The zero-order valence-electron chi connectivity index (χ0n) is 8.97. The molecule has 5 heteroatoms. The standard InChI is InChI=1S/C10H15NO3S/c1-9-4-6-11(10(2)8-9)5-3-7-15(12,13)14/h4,6,8H,3,5,7H2,1-2H3/p+1. The molecule has 0 aliphatic carbocycles. The van der Waals surface area contributed by atoms with E-state index in [1.165, 1.54) is 5.56 Å². The Bertz CT molecular complexity index is 440. The van der Waals surface area contributed by atoms with Crippen LogP contribution < -0.4 is 4.57 Å². The second kappa shape index (κ2) is 4.72. The molecule has 0 radical (unpaired) electrons. The van der Waals surface area contributed by atoms with Crippen LogP contribution in [0, 0.1) is 13.8 Å². The minimum Gasteiger partial charge on any atom is -0.286 e. The van der Waals surface area contributed by atoms with Gasteiger partial charge >= 0.3 is 0 Å². The molecule has 1 aromatic heterocycles. The van der Waals surface area contributed by atoms with Crippen LogP contribution in [0.5, 0.6) is 0 Å². The van der Waals surface area contributed by atoms with Crippen molar-refractivity contribution in [2.24, 2.45) is 0 Å². The summed E-state index contributed by atoms with van der Waals surface area (Å²) in [5.74, 6) is -0.187. The molecule has 0 aliphatic rings. The van der Waals surface area contributed by atoms with Gasteiger partial charge < -0.3 is 0 Å². The molecule has 0 fully saturated rings. The molecule has 0 bridgehead atoms. The number of aromatic nitrogens is 1. The first-order valence-corrected chi connectivity index (χ1v) is 6.41. The van der Waals surface area contributed by atoms with Gasteiger partial charge in [-0.15, -0.1) is 0 Å². The average Bonchev–Trinajstić information content (AvgIpc) is 2.07. The number of hydrogen-bond acceptors (Lipinski definition) is 2. The molecule has 1 rings (SSSR count). The minimum atomic E-state index is -3.83. The van der Waals surface area contributed by atoms with E-state index in [-0.39, 0.29) is 5.75 Å². The van der Waals surface area contributed by atoms with Crippen LogP contribution in [0.3, 0.4) is 0 Å². The largest absolute Gasteiger partial charge is 0.286 e. The third-order valence-electron chi connectivity index (χ3n) is 2.21. The van der Waals surface area contributed by atoms with Crippen LogP contribution in [0.15, 0.2) is 18.3 Å². The normalized spacial score (nSPS) is 11.7. The lowest BCUT2D eigenvalue weighted by Crippen LogP contribution is -2.37. The summed E-state index contributed by atoms with van der Waals surface area (Å²) in [6.45, 7) is 4.59. The molecule has 0 amide bonds. The van der Waals surface area contributed by atoms with Gasteiger partial charge in [-0.05, 0) is 12.5 Å². The van der Waals surface area contributed by atoms with E-state index in [4.69, 9.17) is 4.55 Å². The number of pyridine rings is 1. The van der Waals surface area contributed by atoms with Crippen molar-refractivity contribution >= 4 is 10.1 Å². The second-order valence-corrected chi connectivity index (χ2v) is 5.25. The molecule has 84 valence electrons. The lowest BCUT2D eigenvalue weighted by atomic mass is 10.2. The Balaban J connectivity index is 2.59. The van der Waals surface area contributed by atoms with Gasteiger partial charge in [-0.1, -0.05) is 0 Å². The van der Waals surface area contributed by atoms with Crippen LogP contribution >= 0.6 is 0 Å². The molecule has 0 atom stereocenters. The van der Waals surface area contributed by atoms with Crippen LogP contribution in [0.4, 0.5) is 0 Å². The van der Waals surface area contributed by atoms with Crippen molar-refractivity contribution in [3.8, 4) is 0 Å². The Labute approximate surface area is 90.3 Å². The van der Waals surface area contributed by atoms with Gasteiger partial charge in [0.15, 0.2) is 11.9 Å². The third-order valence-corrected chi connectivity index (χ3v) is 3.01. The third kappa shape index (κ3) is 4.40. The molecular weight excluding hydrogens is 214 g/mol. The van der Waals surface area contributed by atoms with Crippen LogP contribution in [0.25, 0.3) is 0 Å². The molecule has 0 spiro atoms. The Hall–Kier alpha value is -0.940. The van der Waals surface area contributed by atoms with Gasteiger partial charge in [0.1, 0.15) is 6.54 Å². The summed E-state index contributed by atoms with van der Waals surface area (Å²) in [6.07, 6.45) is 2.35. The van der Waals surface area contributed by atoms with E-state index in [0.717, 1.165) is 5.69 Å². The van der Waals surface area contributed by atoms with Crippen molar-refractivity contribution in [3.63, 3.8) is 0 Å². The Morgan fingerprint density at radius 3 is 2.60 bits per heavy atom. The molecular formula is C10H16NO3S+. The molecule has 1 aromatic rings. The van der Waals surface area contributed by atoms with Crippen molar-refractivity contribution in [1.82, 2.24) is 0 Å². The number of hydrogen-bond donors (Lipinski definition) is 1.